The van der Waals surface area contributed by atoms with E-state index in [-0.39, 0.29) is 0 Å². The Kier molecular flexibility index (Phi) is 4.54. The normalized spacial score (nSPS) is 12.0. The molecule has 0 amide bonds. The summed E-state index contributed by atoms with van der Waals surface area (Å²) in [6.07, 6.45) is 1.07. The number of rotatable bonds is 5. The van der Waals surface area contributed by atoms with Crippen molar-refractivity contribution in [3.05, 3.63) is 34.6 Å². The second kappa shape index (κ2) is 6.01. The van der Waals surface area contributed by atoms with Gasteiger partial charge in [0, 0.05) is 17.0 Å². The molecule has 0 saturated heterocycles. The summed E-state index contributed by atoms with van der Waals surface area (Å²) in [7, 11) is 0. The first-order chi connectivity index (χ1) is 9.40. The van der Waals surface area contributed by atoms with Crippen LogP contribution in [0.3, 0.4) is 0 Å². The van der Waals surface area contributed by atoms with Crippen LogP contribution in [0.25, 0.3) is 11.0 Å². The molecule has 0 atom stereocenters. The van der Waals surface area contributed by atoms with Crippen molar-refractivity contribution in [2.75, 3.05) is 0 Å². The molecule has 0 aliphatic carbocycles. The van der Waals surface area contributed by atoms with Crippen LogP contribution in [0.1, 0.15) is 50.1 Å². The van der Waals surface area contributed by atoms with Gasteiger partial charge in [-0.25, -0.2) is 0 Å². The number of hydrogen-bond donors (Lipinski definition) is 1. The van der Waals surface area contributed by atoms with E-state index in [1.54, 1.807) is 0 Å². The first-order valence-corrected chi connectivity index (χ1v) is 7.64. The maximum absolute atomic E-state index is 6.20. The van der Waals surface area contributed by atoms with E-state index >= 15 is 0 Å². The maximum atomic E-state index is 6.20. The molecule has 1 N–H and O–H groups in total. The maximum Gasteiger partial charge on any atom is 0.137 e. The van der Waals surface area contributed by atoms with Gasteiger partial charge in [0.15, 0.2) is 0 Å². The molecule has 2 rings (SSSR count). The Morgan fingerprint density at radius 1 is 1.10 bits per heavy atom. The highest BCUT2D eigenvalue weighted by Gasteiger charge is 2.17. The number of nitrogens with one attached hydrogen (secondary N) is 1. The molecule has 2 heteroatoms. The first-order valence-electron chi connectivity index (χ1n) is 7.64. The molecule has 0 fully saturated rings. The molecule has 0 spiro atoms. The van der Waals surface area contributed by atoms with Crippen molar-refractivity contribution in [1.82, 2.24) is 5.32 Å². The average Bonchev–Trinajstić information content (AvgIpc) is 2.70. The standard InChI is InChI=1S/C18H27NO/c1-11(2)9-16-15-8-7-13(5)14(6)18(15)20-17(16)10-19-12(3)4/h7-8,11-12,19H,9-10H2,1-6H3. The molecule has 0 unspecified atom stereocenters. The van der Waals surface area contributed by atoms with Crippen LogP contribution >= 0.6 is 0 Å². The Balaban J connectivity index is 2.51. The third kappa shape index (κ3) is 3.06. The first kappa shape index (κ1) is 15.1. The lowest BCUT2D eigenvalue weighted by molar-refractivity contribution is 0.477. The van der Waals surface area contributed by atoms with Crippen LogP contribution in [0, 0.1) is 19.8 Å². The molecular weight excluding hydrogens is 246 g/mol. The van der Waals surface area contributed by atoms with Crippen molar-refractivity contribution in [3.8, 4) is 0 Å². The molecule has 110 valence electrons. The zero-order chi connectivity index (χ0) is 14.9. The van der Waals surface area contributed by atoms with Gasteiger partial charge >= 0.3 is 0 Å². The highest BCUT2D eigenvalue weighted by Crippen LogP contribution is 2.31. The summed E-state index contributed by atoms with van der Waals surface area (Å²) in [6, 6.07) is 4.90. The summed E-state index contributed by atoms with van der Waals surface area (Å²) in [6.45, 7) is 14.0. The Morgan fingerprint density at radius 3 is 2.40 bits per heavy atom. The predicted molar refractivity (Wildman–Crippen MR) is 86.2 cm³/mol. The van der Waals surface area contributed by atoms with Crippen molar-refractivity contribution < 1.29 is 4.42 Å². The fourth-order valence-corrected chi connectivity index (χ4v) is 2.57. The van der Waals surface area contributed by atoms with Gasteiger partial charge in [0.05, 0.1) is 6.54 Å². The van der Waals surface area contributed by atoms with Crippen molar-refractivity contribution in [2.45, 2.75) is 60.5 Å². The van der Waals surface area contributed by atoms with Crippen LogP contribution < -0.4 is 5.32 Å². The van der Waals surface area contributed by atoms with Crippen LogP contribution in [0.5, 0.6) is 0 Å². The lowest BCUT2D eigenvalue weighted by atomic mass is 9.97. The minimum absolute atomic E-state index is 0.470. The molecule has 0 radical (unpaired) electrons. The predicted octanol–water partition coefficient (Wildman–Crippen LogP) is 4.75. The summed E-state index contributed by atoms with van der Waals surface area (Å²) in [5.74, 6) is 1.74. The van der Waals surface area contributed by atoms with Gasteiger partial charge < -0.3 is 9.73 Å². The quantitative estimate of drug-likeness (QED) is 0.850. The van der Waals surface area contributed by atoms with Crippen LogP contribution in [0.2, 0.25) is 0 Å². The molecule has 1 heterocycles. The van der Waals surface area contributed by atoms with E-state index in [2.05, 4.69) is 59.0 Å². The van der Waals surface area contributed by atoms with Crippen LogP contribution in [-0.4, -0.2) is 6.04 Å². The third-order valence-electron chi connectivity index (χ3n) is 3.85. The van der Waals surface area contributed by atoms with E-state index in [0.717, 1.165) is 24.3 Å². The van der Waals surface area contributed by atoms with Crippen molar-refractivity contribution >= 4 is 11.0 Å². The molecule has 20 heavy (non-hydrogen) atoms. The van der Waals surface area contributed by atoms with Crippen LogP contribution in [-0.2, 0) is 13.0 Å². The second-order valence-electron chi connectivity index (χ2n) is 6.52. The van der Waals surface area contributed by atoms with E-state index < -0.39 is 0 Å². The zero-order valence-electron chi connectivity index (χ0n) is 13.6. The average molecular weight is 273 g/mol. The van der Waals surface area contributed by atoms with Crippen molar-refractivity contribution in [2.24, 2.45) is 5.92 Å². The van der Waals surface area contributed by atoms with Crippen LogP contribution in [0.15, 0.2) is 16.5 Å². The van der Waals surface area contributed by atoms with Gasteiger partial charge in [-0.2, -0.15) is 0 Å². The zero-order valence-corrected chi connectivity index (χ0v) is 13.6. The number of furan rings is 1. The highest BCUT2D eigenvalue weighted by atomic mass is 16.3. The topological polar surface area (TPSA) is 25.2 Å². The van der Waals surface area contributed by atoms with Gasteiger partial charge in [-0.15, -0.1) is 0 Å². The SMILES string of the molecule is Cc1ccc2c(CC(C)C)c(CNC(C)C)oc2c1C. The van der Waals surface area contributed by atoms with Gasteiger partial charge in [0.1, 0.15) is 11.3 Å². The van der Waals surface area contributed by atoms with Gasteiger partial charge in [0.2, 0.25) is 0 Å². The van der Waals surface area contributed by atoms with E-state index in [4.69, 9.17) is 4.42 Å². The number of hydrogen-bond acceptors (Lipinski definition) is 2. The summed E-state index contributed by atoms with van der Waals surface area (Å²) in [4.78, 5) is 0. The lowest BCUT2D eigenvalue weighted by Crippen LogP contribution is -2.22. The second-order valence-corrected chi connectivity index (χ2v) is 6.52. The Morgan fingerprint density at radius 2 is 1.80 bits per heavy atom. The number of fused-ring (bicyclic) bond motifs is 1. The molecule has 0 aliphatic rings. The molecule has 1 aromatic heterocycles. The minimum Gasteiger partial charge on any atom is -0.459 e. The van der Waals surface area contributed by atoms with Gasteiger partial charge in [-0.3, -0.25) is 0 Å². The van der Waals surface area contributed by atoms with E-state index in [9.17, 15) is 0 Å². The van der Waals surface area contributed by atoms with E-state index in [1.165, 1.54) is 22.1 Å². The number of benzene rings is 1. The molecule has 0 aliphatic heterocycles. The third-order valence-corrected chi connectivity index (χ3v) is 3.85. The fraction of sp³-hybridized carbons (Fsp3) is 0.556. The monoisotopic (exact) mass is 273 g/mol. The van der Waals surface area contributed by atoms with Crippen molar-refractivity contribution in [1.29, 1.82) is 0 Å². The van der Waals surface area contributed by atoms with Gasteiger partial charge in [0.25, 0.3) is 0 Å². The molecule has 2 aromatic rings. The highest BCUT2D eigenvalue weighted by molar-refractivity contribution is 5.86. The minimum atomic E-state index is 0.470. The van der Waals surface area contributed by atoms with Gasteiger partial charge in [-0.1, -0.05) is 39.8 Å². The summed E-state index contributed by atoms with van der Waals surface area (Å²) >= 11 is 0. The van der Waals surface area contributed by atoms with E-state index in [0.29, 0.717) is 12.0 Å². The lowest BCUT2D eigenvalue weighted by Gasteiger charge is -2.09. The number of aryl methyl sites for hydroxylation is 2. The summed E-state index contributed by atoms with van der Waals surface area (Å²) < 4.78 is 6.20. The summed E-state index contributed by atoms with van der Waals surface area (Å²) in [5, 5.41) is 4.77. The van der Waals surface area contributed by atoms with Crippen LogP contribution in [0.4, 0.5) is 0 Å². The largest absolute Gasteiger partial charge is 0.459 e. The molecular formula is C18H27NO. The summed E-state index contributed by atoms with van der Waals surface area (Å²) in [5.41, 5.74) is 5.02. The Hall–Kier alpha value is -1.28. The molecule has 2 nitrogen and oxygen atoms in total. The van der Waals surface area contributed by atoms with Crippen molar-refractivity contribution in [3.63, 3.8) is 0 Å². The smallest absolute Gasteiger partial charge is 0.137 e. The Labute approximate surface area is 122 Å². The van der Waals surface area contributed by atoms with E-state index in [1.807, 2.05) is 0 Å². The molecule has 1 aromatic carbocycles. The fourth-order valence-electron chi connectivity index (χ4n) is 2.57. The Bertz CT molecular complexity index is 593. The van der Waals surface area contributed by atoms with Gasteiger partial charge in [-0.05, 0) is 37.3 Å². The molecule has 0 saturated carbocycles. The molecule has 0 bridgehead atoms.